The zero-order valence-corrected chi connectivity index (χ0v) is 14.6. The van der Waals surface area contributed by atoms with Crippen molar-refractivity contribution in [2.75, 3.05) is 18.5 Å². The number of pyridine rings is 1. The van der Waals surface area contributed by atoms with Gasteiger partial charge in [0.15, 0.2) is 0 Å². The highest BCUT2D eigenvalue weighted by Crippen LogP contribution is 2.42. The molecular formula is C18H28N2O3. The van der Waals surface area contributed by atoms with Gasteiger partial charge in [0.05, 0.1) is 18.0 Å². The Morgan fingerprint density at radius 1 is 1.39 bits per heavy atom. The molecule has 0 bridgehead atoms. The normalized spacial score (nSPS) is 16.7. The first-order valence-corrected chi connectivity index (χ1v) is 8.57. The molecule has 1 fully saturated rings. The Balaban J connectivity index is 2.02. The van der Waals surface area contributed by atoms with E-state index in [0.29, 0.717) is 30.7 Å². The van der Waals surface area contributed by atoms with Crippen molar-refractivity contribution in [1.29, 1.82) is 0 Å². The van der Waals surface area contributed by atoms with Crippen LogP contribution in [0.15, 0.2) is 12.1 Å². The topological polar surface area (TPSA) is 60.5 Å². The van der Waals surface area contributed by atoms with Crippen LogP contribution in [0.2, 0.25) is 0 Å². The first-order valence-electron chi connectivity index (χ1n) is 8.57. The van der Waals surface area contributed by atoms with Gasteiger partial charge in [-0.2, -0.15) is 0 Å². The van der Waals surface area contributed by atoms with Crippen LogP contribution in [0.3, 0.4) is 0 Å². The van der Waals surface area contributed by atoms with Gasteiger partial charge in [0.1, 0.15) is 5.60 Å². The summed E-state index contributed by atoms with van der Waals surface area (Å²) in [4.78, 5) is 17.1. The largest absolute Gasteiger partial charge is 0.478 e. The van der Waals surface area contributed by atoms with E-state index in [1.54, 1.807) is 6.07 Å². The molecule has 1 atom stereocenters. The fourth-order valence-corrected chi connectivity index (χ4v) is 2.62. The number of aromatic nitrogens is 1. The molecular weight excluding hydrogens is 292 g/mol. The molecule has 0 spiro atoms. The van der Waals surface area contributed by atoms with Gasteiger partial charge in [-0.1, -0.05) is 13.3 Å². The highest BCUT2D eigenvalue weighted by Gasteiger charge is 2.48. The number of hydrogen-bond donors (Lipinski definition) is 1. The van der Waals surface area contributed by atoms with Gasteiger partial charge in [0, 0.05) is 12.7 Å². The summed E-state index contributed by atoms with van der Waals surface area (Å²) in [5.41, 5.74) is 0.712. The number of unbranched alkanes of at least 4 members (excludes halogenated alkanes) is 1. The second-order valence-electron chi connectivity index (χ2n) is 6.25. The molecule has 0 unspecified atom stereocenters. The number of rotatable bonds is 9. The van der Waals surface area contributed by atoms with Crippen molar-refractivity contribution in [3.63, 3.8) is 0 Å². The van der Waals surface area contributed by atoms with Gasteiger partial charge < -0.3 is 14.8 Å². The molecule has 1 aliphatic rings. The quantitative estimate of drug-likeness (QED) is 0.705. The van der Waals surface area contributed by atoms with E-state index < -0.39 is 5.60 Å². The number of hydrogen-bond acceptors (Lipinski definition) is 4. The molecule has 1 aromatic heterocycles. The molecule has 1 amide bonds. The lowest BCUT2D eigenvalue weighted by molar-refractivity contribution is -0.141. The van der Waals surface area contributed by atoms with Crippen molar-refractivity contribution >= 4 is 11.6 Å². The van der Waals surface area contributed by atoms with Crippen LogP contribution in [-0.4, -0.2) is 29.7 Å². The summed E-state index contributed by atoms with van der Waals surface area (Å²) in [7, 11) is 0. The van der Waals surface area contributed by atoms with Crippen LogP contribution in [0.25, 0.3) is 0 Å². The van der Waals surface area contributed by atoms with Gasteiger partial charge in [-0.05, 0) is 52.0 Å². The summed E-state index contributed by atoms with van der Waals surface area (Å²) in [6, 6.07) is 3.65. The SMILES string of the molecule is CCCCOc1ccc(NC(=O)[C@](C)(OCC)C2CC2)c(C)n1. The van der Waals surface area contributed by atoms with Crippen molar-refractivity contribution in [2.24, 2.45) is 5.92 Å². The second kappa shape index (κ2) is 7.77. The molecule has 0 radical (unpaired) electrons. The summed E-state index contributed by atoms with van der Waals surface area (Å²) >= 11 is 0. The second-order valence-corrected chi connectivity index (χ2v) is 6.25. The van der Waals surface area contributed by atoms with Crippen molar-refractivity contribution in [3.8, 4) is 5.88 Å². The van der Waals surface area contributed by atoms with Gasteiger partial charge >= 0.3 is 0 Å². The van der Waals surface area contributed by atoms with Crippen LogP contribution >= 0.6 is 0 Å². The molecule has 1 heterocycles. The third-order valence-electron chi connectivity index (χ3n) is 4.31. The molecule has 5 heteroatoms. The van der Waals surface area contributed by atoms with E-state index in [2.05, 4.69) is 17.2 Å². The van der Waals surface area contributed by atoms with Gasteiger partial charge in [-0.15, -0.1) is 0 Å². The minimum absolute atomic E-state index is 0.0913. The van der Waals surface area contributed by atoms with E-state index in [4.69, 9.17) is 9.47 Å². The van der Waals surface area contributed by atoms with Crippen molar-refractivity contribution in [3.05, 3.63) is 17.8 Å². The van der Waals surface area contributed by atoms with Crippen LogP contribution in [0, 0.1) is 12.8 Å². The Labute approximate surface area is 138 Å². The van der Waals surface area contributed by atoms with Gasteiger partial charge in [0.2, 0.25) is 5.88 Å². The van der Waals surface area contributed by atoms with E-state index in [-0.39, 0.29) is 5.91 Å². The molecule has 1 aromatic rings. The van der Waals surface area contributed by atoms with Gasteiger partial charge in [-0.3, -0.25) is 4.79 Å². The van der Waals surface area contributed by atoms with E-state index in [1.165, 1.54) is 0 Å². The number of anilines is 1. The number of ether oxygens (including phenoxy) is 2. The predicted octanol–water partition coefficient (Wildman–Crippen LogP) is 3.71. The van der Waals surface area contributed by atoms with Gasteiger partial charge in [0.25, 0.3) is 5.91 Å². The maximum atomic E-state index is 12.7. The summed E-state index contributed by atoms with van der Waals surface area (Å²) in [6.07, 6.45) is 4.19. The van der Waals surface area contributed by atoms with E-state index in [9.17, 15) is 4.79 Å². The number of nitrogens with one attached hydrogen (secondary N) is 1. The monoisotopic (exact) mass is 320 g/mol. The molecule has 1 aliphatic carbocycles. The number of amides is 1. The first-order chi connectivity index (χ1) is 11.0. The zero-order valence-electron chi connectivity index (χ0n) is 14.6. The number of carbonyl (C=O) groups excluding carboxylic acids is 1. The lowest BCUT2D eigenvalue weighted by Crippen LogP contribution is -2.45. The number of aryl methyl sites for hydroxylation is 1. The summed E-state index contributed by atoms with van der Waals surface area (Å²) in [5.74, 6) is 0.822. The fraction of sp³-hybridized carbons (Fsp3) is 0.667. The third kappa shape index (κ3) is 4.44. The minimum Gasteiger partial charge on any atom is -0.478 e. The van der Waals surface area contributed by atoms with Crippen LogP contribution in [0.4, 0.5) is 5.69 Å². The van der Waals surface area contributed by atoms with E-state index in [1.807, 2.05) is 26.8 Å². The summed E-state index contributed by atoms with van der Waals surface area (Å²) in [6.45, 7) is 8.99. The highest BCUT2D eigenvalue weighted by molar-refractivity contribution is 5.98. The maximum absolute atomic E-state index is 12.7. The van der Waals surface area contributed by atoms with Crippen LogP contribution in [0.1, 0.15) is 52.1 Å². The molecule has 128 valence electrons. The van der Waals surface area contributed by atoms with Crippen molar-refractivity contribution < 1.29 is 14.3 Å². The molecule has 1 N–H and O–H groups in total. The first kappa shape index (κ1) is 17.7. The smallest absolute Gasteiger partial charge is 0.256 e. The average Bonchev–Trinajstić information content (AvgIpc) is 3.35. The van der Waals surface area contributed by atoms with Crippen LogP contribution < -0.4 is 10.1 Å². The standard InChI is InChI=1S/C18H28N2O3/c1-5-7-12-22-16-11-10-15(13(3)19-16)20-17(21)18(4,23-6-2)14-8-9-14/h10-11,14H,5-9,12H2,1-4H3,(H,20,21)/t18-/m1/s1. The lowest BCUT2D eigenvalue weighted by atomic mass is 9.98. The summed E-state index contributed by atoms with van der Waals surface area (Å²) < 4.78 is 11.4. The fourth-order valence-electron chi connectivity index (χ4n) is 2.62. The van der Waals surface area contributed by atoms with Gasteiger partial charge in [-0.25, -0.2) is 4.98 Å². The highest BCUT2D eigenvalue weighted by atomic mass is 16.5. The number of nitrogens with zero attached hydrogens (tertiary/aromatic N) is 1. The van der Waals surface area contributed by atoms with E-state index >= 15 is 0 Å². The number of carbonyl (C=O) groups is 1. The Morgan fingerprint density at radius 3 is 2.70 bits per heavy atom. The molecule has 0 aromatic carbocycles. The Bertz CT molecular complexity index is 543. The predicted molar refractivity (Wildman–Crippen MR) is 90.8 cm³/mol. The zero-order chi connectivity index (χ0) is 16.9. The summed E-state index contributed by atoms with van der Waals surface area (Å²) in [5, 5.41) is 2.97. The molecule has 1 saturated carbocycles. The molecule has 23 heavy (non-hydrogen) atoms. The van der Waals surface area contributed by atoms with Crippen molar-refractivity contribution in [2.45, 2.75) is 59.0 Å². The third-order valence-corrected chi connectivity index (χ3v) is 4.31. The molecule has 5 nitrogen and oxygen atoms in total. The minimum atomic E-state index is -0.752. The van der Waals surface area contributed by atoms with Crippen LogP contribution in [0.5, 0.6) is 5.88 Å². The molecule has 2 rings (SSSR count). The Morgan fingerprint density at radius 2 is 2.13 bits per heavy atom. The average molecular weight is 320 g/mol. The molecule has 0 aliphatic heterocycles. The molecule has 0 saturated heterocycles. The Kier molecular flexibility index (Phi) is 5.99. The van der Waals surface area contributed by atoms with Crippen LogP contribution in [-0.2, 0) is 9.53 Å². The van der Waals surface area contributed by atoms with Crippen molar-refractivity contribution in [1.82, 2.24) is 4.98 Å². The Hall–Kier alpha value is -1.62. The lowest BCUT2D eigenvalue weighted by Gasteiger charge is -2.28. The van der Waals surface area contributed by atoms with E-state index in [0.717, 1.165) is 31.4 Å². The maximum Gasteiger partial charge on any atom is 0.256 e.